The quantitative estimate of drug-likeness (QED) is 0.525. The minimum atomic E-state index is -3.59. The number of hydrogen-bond donors (Lipinski definition) is 2. The number of aliphatic carboxylic acids is 1. The van der Waals surface area contributed by atoms with Gasteiger partial charge in [0.05, 0.1) is 12.4 Å². The number of nitrogens with zero attached hydrogens (tertiary/aromatic N) is 1. The summed E-state index contributed by atoms with van der Waals surface area (Å²) in [7, 11) is -3.59. The van der Waals surface area contributed by atoms with Crippen LogP contribution < -0.4 is 9.46 Å². The summed E-state index contributed by atoms with van der Waals surface area (Å²) in [6.07, 6.45) is 6.56. The molecule has 1 aromatic heterocycles. The van der Waals surface area contributed by atoms with Crippen LogP contribution in [0.15, 0.2) is 48.8 Å². The normalized spacial score (nSPS) is 12.5. The highest BCUT2D eigenvalue weighted by atomic mass is 32.2. The summed E-state index contributed by atoms with van der Waals surface area (Å²) in [6.45, 7) is 2.06. The second-order valence-corrected chi connectivity index (χ2v) is 8.46. The monoisotopic (exact) mass is 406 g/mol. The maximum absolute atomic E-state index is 11.6. The van der Waals surface area contributed by atoms with Gasteiger partial charge in [-0.2, -0.15) is 0 Å². The highest BCUT2D eigenvalue weighted by molar-refractivity contribution is 7.89. The Bertz CT molecular complexity index is 839. The number of pyridine rings is 1. The van der Waals surface area contributed by atoms with E-state index in [2.05, 4.69) is 9.71 Å². The van der Waals surface area contributed by atoms with E-state index in [9.17, 15) is 18.3 Å². The number of nitrogens with one attached hydrogen (secondary N) is 1. The number of rotatable bonds is 12. The van der Waals surface area contributed by atoms with E-state index in [0.717, 1.165) is 24.8 Å². The van der Waals surface area contributed by atoms with Gasteiger partial charge in [-0.25, -0.2) is 13.1 Å². The summed E-state index contributed by atoms with van der Waals surface area (Å²) in [4.78, 5) is 15.3. The molecule has 0 aliphatic rings. The molecule has 1 aromatic carbocycles. The first-order valence-corrected chi connectivity index (χ1v) is 10.9. The SMILES string of the molecule is CCS(=O)(=O)N[C@@H](Cc1ccc(OCCCCc2ccncc2)cc1)C(=O)O. The van der Waals surface area contributed by atoms with E-state index >= 15 is 0 Å². The molecule has 0 saturated carbocycles. The molecule has 8 heteroatoms. The standard InChI is InChI=1S/C20H26N2O5S/c1-2-28(25,26)22-19(20(23)24)15-17-6-8-18(9-7-17)27-14-4-3-5-16-10-12-21-13-11-16/h6-13,19,22H,2-5,14-15H2,1H3,(H,23,24)/t19-/m0/s1. The van der Waals surface area contributed by atoms with Gasteiger partial charge in [-0.3, -0.25) is 9.78 Å². The molecule has 0 radical (unpaired) electrons. The molecular weight excluding hydrogens is 380 g/mol. The molecule has 7 nitrogen and oxygen atoms in total. The van der Waals surface area contributed by atoms with Crippen LogP contribution in [0.4, 0.5) is 0 Å². The Morgan fingerprint density at radius 1 is 1.11 bits per heavy atom. The van der Waals surface area contributed by atoms with Crippen LogP contribution in [0.25, 0.3) is 0 Å². The number of ether oxygens (including phenoxy) is 1. The molecule has 0 bridgehead atoms. The van der Waals surface area contributed by atoms with Crippen LogP contribution in [-0.2, 0) is 27.7 Å². The van der Waals surface area contributed by atoms with Gasteiger partial charge in [0.25, 0.3) is 0 Å². The van der Waals surface area contributed by atoms with Crippen molar-refractivity contribution in [1.29, 1.82) is 0 Å². The average molecular weight is 407 g/mol. The van der Waals surface area contributed by atoms with Crippen molar-refractivity contribution in [3.05, 3.63) is 59.9 Å². The van der Waals surface area contributed by atoms with Crippen LogP contribution in [0.2, 0.25) is 0 Å². The van der Waals surface area contributed by atoms with E-state index < -0.39 is 22.0 Å². The Morgan fingerprint density at radius 2 is 1.79 bits per heavy atom. The van der Waals surface area contributed by atoms with E-state index in [-0.39, 0.29) is 12.2 Å². The van der Waals surface area contributed by atoms with Crippen molar-refractivity contribution in [1.82, 2.24) is 9.71 Å². The van der Waals surface area contributed by atoms with Gasteiger partial charge in [-0.15, -0.1) is 0 Å². The molecule has 2 aromatic rings. The van der Waals surface area contributed by atoms with Crippen molar-refractivity contribution in [3.63, 3.8) is 0 Å². The van der Waals surface area contributed by atoms with Crippen LogP contribution in [-0.4, -0.2) is 42.9 Å². The highest BCUT2D eigenvalue weighted by Gasteiger charge is 2.23. The third kappa shape index (κ3) is 7.66. The molecule has 0 spiro atoms. The van der Waals surface area contributed by atoms with Crippen LogP contribution in [0.3, 0.4) is 0 Å². The van der Waals surface area contributed by atoms with Crippen molar-refractivity contribution in [2.75, 3.05) is 12.4 Å². The van der Waals surface area contributed by atoms with Crippen LogP contribution in [0.1, 0.15) is 30.9 Å². The van der Waals surface area contributed by atoms with Gasteiger partial charge in [-0.05, 0) is 68.0 Å². The minimum Gasteiger partial charge on any atom is -0.494 e. The first-order valence-electron chi connectivity index (χ1n) is 9.23. The van der Waals surface area contributed by atoms with Crippen LogP contribution >= 0.6 is 0 Å². The maximum atomic E-state index is 11.6. The predicted molar refractivity (Wildman–Crippen MR) is 107 cm³/mol. The fourth-order valence-electron chi connectivity index (χ4n) is 2.61. The van der Waals surface area contributed by atoms with Crippen LogP contribution in [0.5, 0.6) is 5.75 Å². The van der Waals surface area contributed by atoms with Gasteiger partial charge < -0.3 is 9.84 Å². The molecule has 2 N–H and O–H groups in total. The zero-order valence-corrected chi connectivity index (χ0v) is 16.7. The molecule has 0 fully saturated rings. The fraction of sp³-hybridized carbons (Fsp3) is 0.400. The first-order chi connectivity index (χ1) is 13.4. The van der Waals surface area contributed by atoms with Gasteiger partial charge in [0.1, 0.15) is 11.8 Å². The van der Waals surface area contributed by atoms with Gasteiger partial charge in [0, 0.05) is 12.4 Å². The van der Waals surface area contributed by atoms with Crippen molar-refractivity contribution in [2.24, 2.45) is 0 Å². The number of aromatic nitrogens is 1. The topological polar surface area (TPSA) is 106 Å². The van der Waals surface area contributed by atoms with Gasteiger partial charge in [0.15, 0.2) is 0 Å². The second-order valence-electron chi connectivity index (χ2n) is 6.42. The van der Waals surface area contributed by atoms with E-state index in [1.165, 1.54) is 12.5 Å². The predicted octanol–water partition coefficient (Wildman–Crippen LogP) is 2.42. The lowest BCUT2D eigenvalue weighted by molar-refractivity contribution is -0.138. The molecule has 1 heterocycles. The number of carboxylic acids is 1. The van der Waals surface area contributed by atoms with E-state index in [4.69, 9.17) is 4.74 Å². The molecule has 1 atom stereocenters. The van der Waals surface area contributed by atoms with Gasteiger partial charge in [0.2, 0.25) is 10.0 Å². The molecule has 0 amide bonds. The second kappa shape index (κ2) is 10.8. The van der Waals surface area contributed by atoms with Crippen LogP contribution in [0, 0.1) is 0 Å². The Labute approximate surface area is 165 Å². The molecular formula is C20H26N2O5S. The minimum absolute atomic E-state index is 0.0702. The van der Waals surface area contributed by atoms with E-state index in [1.54, 1.807) is 36.7 Å². The largest absolute Gasteiger partial charge is 0.494 e. The summed E-state index contributed by atoms with van der Waals surface area (Å²) in [5.74, 6) is -0.662. The number of carboxylic acid groups (broad SMARTS) is 1. The van der Waals surface area contributed by atoms with Crippen molar-refractivity contribution >= 4 is 16.0 Å². The van der Waals surface area contributed by atoms with E-state index in [1.807, 2.05) is 12.1 Å². The Balaban J connectivity index is 1.78. The highest BCUT2D eigenvalue weighted by Crippen LogP contribution is 2.15. The zero-order valence-electron chi connectivity index (χ0n) is 15.9. The molecule has 0 aliphatic heterocycles. The number of sulfonamides is 1. The first kappa shape index (κ1) is 21.8. The lowest BCUT2D eigenvalue weighted by atomic mass is 10.1. The molecule has 152 valence electrons. The number of benzene rings is 1. The Hall–Kier alpha value is -2.45. The van der Waals surface area contributed by atoms with Crippen molar-refractivity contribution < 1.29 is 23.1 Å². The lowest BCUT2D eigenvalue weighted by Crippen LogP contribution is -2.42. The van der Waals surface area contributed by atoms with E-state index in [0.29, 0.717) is 12.4 Å². The number of carbonyl (C=O) groups is 1. The third-order valence-electron chi connectivity index (χ3n) is 4.24. The summed E-state index contributed by atoms with van der Waals surface area (Å²) in [5, 5.41) is 9.24. The average Bonchev–Trinajstić information content (AvgIpc) is 2.69. The smallest absolute Gasteiger partial charge is 0.322 e. The van der Waals surface area contributed by atoms with Crippen molar-refractivity contribution in [2.45, 2.75) is 38.6 Å². The Morgan fingerprint density at radius 3 is 2.39 bits per heavy atom. The lowest BCUT2D eigenvalue weighted by Gasteiger charge is -2.14. The molecule has 28 heavy (non-hydrogen) atoms. The zero-order chi connectivity index (χ0) is 20.4. The summed E-state index contributed by atoms with van der Waals surface area (Å²) >= 11 is 0. The molecule has 0 unspecified atom stereocenters. The number of unbranched alkanes of at least 4 members (excludes halogenated alkanes) is 1. The number of aryl methyl sites for hydroxylation is 1. The maximum Gasteiger partial charge on any atom is 0.322 e. The van der Waals surface area contributed by atoms with Crippen molar-refractivity contribution in [3.8, 4) is 5.75 Å². The van der Waals surface area contributed by atoms with Gasteiger partial charge >= 0.3 is 5.97 Å². The van der Waals surface area contributed by atoms with Gasteiger partial charge in [-0.1, -0.05) is 12.1 Å². The molecule has 2 rings (SSSR count). The third-order valence-corrected chi connectivity index (χ3v) is 5.64. The summed E-state index contributed by atoms with van der Waals surface area (Å²) in [6, 6.07) is 9.86. The number of hydrogen-bond acceptors (Lipinski definition) is 5. The fourth-order valence-corrected chi connectivity index (χ4v) is 3.39. The molecule has 0 aliphatic carbocycles. The Kier molecular flexibility index (Phi) is 8.41. The summed E-state index contributed by atoms with van der Waals surface area (Å²) in [5.41, 5.74) is 1.97. The molecule has 0 saturated heterocycles. The summed E-state index contributed by atoms with van der Waals surface area (Å²) < 4.78 is 31.2.